The van der Waals surface area contributed by atoms with E-state index in [-0.39, 0.29) is 35.4 Å². The minimum atomic E-state index is -0.733. The third kappa shape index (κ3) is 3.53. The second kappa shape index (κ2) is 6.15. The maximum Gasteiger partial charge on any atom is 0.244 e. The number of H-pyrrole nitrogens is 1. The van der Waals surface area contributed by atoms with Gasteiger partial charge in [0.15, 0.2) is 5.82 Å². The molecule has 2 aromatic rings. The largest absolute Gasteiger partial charge is 0.347 e. The summed E-state index contributed by atoms with van der Waals surface area (Å²) in [5.41, 5.74) is -0.138. The van der Waals surface area contributed by atoms with E-state index in [9.17, 15) is 18.4 Å². The lowest BCUT2D eigenvalue weighted by Crippen LogP contribution is -2.33. The molecule has 0 atom stereocenters. The number of aromatic amines is 1. The average Bonchev–Trinajstić information content (AvgIpc) is 3.26. The monoisotopic (exact) mass is 320 g/mol. The van der Waals surface area contributed by atoms with Crippen molar-refractivity contribution in [3.05, 3.63) is 35.9 Å². The first-order valence-electron chi connectivity index (χ1n) is 7.12. The molecule has 8 heteroatoms. The number of benzene rings is 1. The highest BCUT2D eigenvalue weighted by Crippen LogP contribution is 2.28. The van der Waals surface area contributed by atoms with Gasteiger partial charge in [0.25, 0.3) is 0 Å². The number of amides is 2. The number of carbonyl (C=O) groups is 2. The van der Waals surface area contributed by atoms with Gasteiger partial charge in [-0.2, -0.15) is 5.10 Å². The van der Waals surface area contributed by atoms with Crippen LogP contribution in [0, 0.1) is 17.6 Å². The van der Waals surface area contributed by atoms with Gasteiger partial charge in [-0.25, -0.2) is 8.78 Å². The molecule has 1 fully saturated rings. The van der Waals surface area contributed by atoms with E-state index in [2.05, 4.69) is 20.8 Å². The number of hydrogen-bond acceptors (Lipinski definition) is 3. The molecule has 3 N–H and O–H groups in total. The summed E-state index contributed by atoms with van der Waals surface area (Å²) < 4.78 is 27.4. The van der Waals surface area contributed by atoms with Gasteiger partial charge in [-0.3, -0.25) is 14.7 Å². The molecular formula is C15H14F2N4O2. The van der Waals surface area contributed by atoms with E-state index in [4.69, 9.17) is 0 Å². The molecule has 0 radical (unpaired) electrons. The molecule has 1 aliphatic rings. The van der Waals surface area contributed by atoms with Crippen molar-refractivity contribution in [3.63, 3.8) is 0 Å². The van der Waals surface area contributed by atoms with E-state index in [0.717, 1.165) is 25.0 Å². The van der Waals surface area contributed by atoms with Crippen LogP contribution in [0.25, 0.3) is 11.3 Å². The highest BCUT2D eigenvalue weighted by Gasteiger charge is 2.29. The molecule has 2 amide bonds. The first kappa shape index (κ1) is 15.1. The highest BCUT2D eigenvalue weighted by atomic mass is 19.1. The van der Waals surface area contributed by atoms with Crippen LogP contribution in [0.2, 0.25) is 0 Å². The topological polar surface area (TPSA) is 86.9 Å². The zero-order valence-electron chi connectivity index (χ0n) is 12.0. The van der Waals surface area contributed by atoms with Crippen LogP contribution in [-0.2, 0) is 9.59 Å². The first-order chi connectivity index (χ1) is 11.0. The molecule has 0 spiro atoms. The van der Waals surface area contributed by atoms with E-state index in [0.29, 0.717) is 0 Å². The normalized spacial score (nSPS) is 13.7. The Balaban J connectivity index is 1.62. The fourth-order valence-electron chi connectivity index (χ4n) is 2.11. The molecule has 0 aliphatic heterocycles. The van der Waals surface area contributed by atoms with Crippen molar-refractivity contribution in [2.45, 2.75) is 12.8 Å². The Labute approximate surface area is 130 Å². The summed E-state index contributed by atoms with van der Waals surface area (Å²) in [7, 11) is 0. The van der Waals surface area contributed by atoms with Crippen molar-refractivity contribution >= 4 is 17.6 Å². The third-order valence-electron chi connectivity index (χ3n) is 3.45. The van der Waals surface area contributed by atoms with Crippen LogP contribution in [0.5, 0.6) is 0 Å². The second-order valence-corrected chi connectivity index (χ2v) is 5.30. The Kier molecular flexibility index (Phi) is 4.05. The lowest BCUT2D eigenvalue weighted by Gasteiger charge is -2.03. The molecule has 0 bridgehead atoms. The summed E-state index contributed by atoms with van der Waals surface area (Å²) in [4.78, 5) is 23.1. The molecule has 3 rings (SSSR count). The lowest BCUT2D eigenvalue weighted by atomic mass is 10.1. The van der Waals surface area contributed by atoms with Gasteiger partial charge in [-0.05, 0) is 25.0 Å². The van der Waals surface area contributed by atoms with Crippen molar-refractivity contribution in [1.29, 1.82) is 0 Å². The molecule has 1 aromatic heterocycles. The molecule has 1 saturated carbocycles. The SMILES string of the molecule is O=C(CNC(=O)C1CC1)Nc1cc(-c2c(F)cccc2F)[nH]n1. The number of nitrogens with one attached hydrogen (secondary N) is 3. The molecule has 6 nitrogen and oxygen atoms in total. The minimum Gasteiger partial charge on any atom is -0.347 e. The van der Waals surface area contributed by atoms with Crippen LogP contribution >= 0.6 is 0 Å². The number of carbonyl (C=O) groups excluding carboxylic acids is 2. The molecule has 120 valence electrons. The van der Waals surface area contributed by atoms with Crippen LogP contribution in [0.3, 0.4) is 0 Å². The molecular weight excluding hydrogens is 306 g/mol. The number of aromatic nitrogens is 2. The molecule has 1 aliphatic carbocycles. The molecule has 1 heterocycles. The van der Waals surface area contributed by atoms with Crippen LogP contribution in [0.4, 0.5) is 14.6 Å². The van der Waals surface area contributed by atoms with Gasteiger partial charge in [0.2, 0.25) is 11.8 Å². The summed E-state index contributed by atoms with van der Waals surface area (Å²) in [5.74, 6) is -1.94. The zero-order valence-corrected chi connectivity index (χ0v) is 12.0. The Hall–Kier alpha value is -2.77. The summed E-state index contributed by atoms with van der Waals surface area (Å²) in [6.45, 7) is -0.175. The van der Waals surface area contributed by atoms with Gasteiger partial charge in [-0.1, -0.05) is 6.07 Å². The van der Waals surface area contributed by atoms with Crippen LogP contribution in [0.15, 0.2) is 24.3 Å². The molecule has 0 saturated heterocycles. The van der Waals surface area contributed by atoms with Crippen LogP contribution in [-0.4, -0.2) is 28.6 Å². The first-order valence-corrected chi connectivity index (χ1v) is 7.12. The number of hydrogen-bond donors (Lipinski definition) is 3. The fourth-order valence-corrected chi connectivity index (χ4v) is 2.11. The summed E-state index contributed by atoms with van der Waals surface area (Å²) in [5, 5.41) is 11.2. The van der Waals surface area contributed by atoms with Crippen molar-refractivity contribution in [3.8, 4) is 11.3 Å². The fraction of sp³-hybridized carbons (Fsp3) is 0.267. The van der Waals surface area contributed by atoms with Crippen LogP contribution in [0.1, 0.15) is 12.8 Å². The summed E-state index contributed by atoms with van der Waals surface area (Å²) in [6, 6.07) is 4.84. The quantitative estimate of drug-likeness (QED) is 0.785. The zero-order chi connectivity index (χ0) is 16.4. The van der Waals surface area contributed by atoms with Gasteiger partial charge in [0, 0.05) is 12.0 Å². The Morgan fingerprint density at radius 3 is 2.61 bits per heavy atom. The van der Waals surface area contributed by atoms with E-state index >= 15 is 0 Å². The predicted molar refractivity (Wildman–Crippen MR) is 78.3 cm³/mol. The van der Waals surface area contributed by atoms with E-state index in [1.54, 1.807) is 0 Å². The summed E-state index contributed by atoms with van der Waals surface area (Å²) in [6.07, 6.45) is 1.70. The van der Waals surface area contributed by atoms with E-state index < -0.39 is 17.5 Å². The number of anilines is 1. The number of halogens is 2. The van der Waals surface area contributed by atoms with Crippen molar-refractivity contribution < 1.29 is 18.4 Å². The van der Waals surface area contributed by atoms with Gasteiger partial charge >= 0.3 is 0 Å². The van der Waals surface area contributed by atoms with Gasteiger partial charge < -0.3 is 10.6 Å². The third-order valence-corrected chi connectivity index (χ3v) is 3.45. The van der Waals surface area contributed by atoms with Crippen molar-refractivity contribution in [2.75, 3.05) is 11.9 Å². The summed E-state index contributed by atoms with van der Waals surface area (Å²) >= 11 is 0. The second-order valence-electron chi connectivity index (χ2n) is 5.30. The van der Waals surface area contributed by atoms with Crippen molar-refractivity contribution in [2.24, 2.45) is 5.92 Å². The minimum absolute atomic E-state index is 0.0174. The Bertz CT molecular complexity index is 735. The van der Waals surface area contributed by atoms with E-state index in [1.165, 1.54) is 12.1 Å². The maximum absolute atomic E-state index is 13.7. The Morgan fingerprint density at radius 2 is 1.96 bits per heavy atom. The van der Waals surface area contributed by atoms with Gasteiger partial charge in [0.1, 0.15) is 11.6 Å². The number of rotatable bonds is 5. The molecule has 0 unspecified atom stereocenters. The van der Waals surface area contributed by atoms with Crippen LogP contribution < -0.4 is 10.6 Å². The highest BCUT2D eigenvalue weighted by molar-refractivity contribution is 5.94. The smallest absolute Gasteiger partial charge is 0.244 e. The maximum atomic E-state index is 13.7. The standard InChI is InChI=1S/C15H14F2N4O2/c16-9-2-1-3-10(17)14(9)11-6-12(21-20-11)19-13(22)7-18-15(23)8-4-5-8/h1-3,6,8H,4-5,7H2,(H,18,23)(H2,19,20,21,22). The molecule has 1 aromatic carbocycles. The molecule has 23 heavy (non-hydrogen) atoms. The Morgan fingerprint density at radius 1 is 1.26 bits per heavy atom. The van der Waals surface area contributed by atoms with Gasteiger partial charge in [-0.15, -0.1) is 0 Å². The lowest BCUT2D eigenvalue weighted by molar-refractivity contribution is -0.125. The number of nitrogens with zero attached hydrogens (tertiary/aromatic N) is 1. The van der Waals surface area contributed by atoms with Gasteiger partial charge in [0.05, 0.1) is 17.8 Å². The predicted octanol–water partition coefficient (Wildman–Crippen LogP) is 1.82. The average molecular weight is 320 g/mol. The van der Waals surface area contributed by atoms with E-state index in [1.807, 2.05) is 0 Å². The van der Waals surface area contributed by atoms with Crippen molar-refractivity contribution in [1.82, 2.24) is 15.5 Å².